The molecule has 0 N–H and O–H groups in total. The number of halogens is 4. The smallest absolute Gasteiger partial charge is 0.416 e. The van der Waals surface area contributed by atoms with Crippen LogP contribution >= 0.6 is 15.9 Å². The van der Waals surface area contributed by atoms with E-state index in [2.05, 4.69) is 15.9 Å². The maximum atomic E-state index is 12.8. The van der Waals surface area contributed by atoms with Crippen molar-refractivity contribution in [3.05, 3.63) is 74.0 Å². The summed E-state index contributed by atoms with van der Waals surface area (Å²) in [4.78, 5) is 24.6. The maximum Gasteiger partial charge on any atom is 0.416 e. The Kier molecular flexibility index (Phi) is 4.86. The molecule has 3 aromatic rings. The van der Waals surface area contributed by atoms with E-state index in [9.17, 15) is 22.8 Å². The van der Waals surface area contributed by atoms with Crippen LogP contribution < -0.4 is 5.56 Å². The van der Waals surface area contributed by atoms with Crippen LogP contribution in [0.25, 0.3) is 16.6 Å². The van der Waals surface area contributed by atoms with Gasteiger partial charge >= 0.3 is 12.1 Å². The molecule has 0 spiro atoms. The topological polar surface area (TPSA) is 48.3 Å². The summed E-state index contributed by atoms with van der Waals surface area (Å²) in [5, 5.41) is 0.601. The van der Waals surface area contributed by atoms with Gasteiger partial charge < -0.3 is 4.74 Å². The first-order valence-electron chi connectivity index (χ1n) is 7.76. The van der Waals surface area contributed by atoms with Crippen LogP contribution in [0.4, 0.5) is 13.2 Å². The number of methoxy groups -OCH3 is 1. The number of aromatic nitrogens is 1. The molecule has 3 rings (SSSR count). The van der Waals surface area contributed by atoms with Crippen LogP contribution in [0.5, 0.6) is 0 Å². The van der Waals surface area contributed by atoms with Gasteiger partial charge in [-0.3, -0.25) is 9.36 Å². The number of aryl methyl sites for hydroxylation is 1. The molecule has 0 saturated heterocycles. The van der Waals surface area contributed by atoms with Crippen LogP contribution in [0.1, 0.15) is 21.5 Å². The van der Waals surface area contributed by atoms with Crippen molar-refractivity contribution in [3.8, 4) is 5.69 Å². The quantitative estimate of drug-likeness (QED) is 0.535. The minimum absolute atomic E-state index is 0.261. The Bertz CT molecular complexity index is 1100. The Labute approximate surface area is 160 Å². The molecular weight excluding hydrogens is 427 g/mol. The molecule has 8 heteroatoms. The molecule has 0 unspecified atom stereocenters. The SMILES string of the molecule is COC(=O)c1ccc2c(c1)c(C)c(Br)c(=O)n2-c1ccc(C(F)(F)F)cc1. The number of nitrogens with zero attached hydrogens (tertiary/aromatic N) is 1. The molecule has 0 radical (unpaired) electrons. The van der Waals surface area contributed by atoms with Crippen LogP contribution in [-0.4, -0.2) is 17.6 Å². The average Bonchev–Trinajstić information content (AvgIpc) is 2.65. The number of alkyl halides is 3. The van der Waals surface area contributed by atoms with Crippen LogP contribution in [0.3, 0.4) is 0 Å². The number of pyridine rings is 1. The summed E-state index contributed by atoms with van der Waals surface area (Å²) in [5.74, 6) is -0.528. The van der Waals surface area contributed by atoms with Crippen molar-refractivity contribution in [3.63, 3.8) is 0 Å². The predicted molar refractivity (Wildman–Crippen MR) is 98.3 cm³/mol. The monoisotopic (exact) mass is 439 g/mol. The van der Waals surface area contributed by atoms with Crippen LogP contribution in [0.15, 0.2) is 51.7 Å². The second-order valence-electron chi connectivity index (χ2n) is 5.85. The minimum atomic E-state index is -4.46. The van der Waals surface area contributed by atoms with E-state index in [1.165, 1.54) is 29.9 Å². The normalized spacial score (nSPS) is 11.6. The molecule has 0 saturated carbocycles. The Morgan fingerprint density at radius 3 is 2.30 bits per heavy atom. The highest BCUT2D eigenvalue weighted by molar-refractivity contribution is 9.10. The summed E-state index contributed by atoms with van der Waals surface area (Å²) in [6.07, 6.45) is -4.46. The predicted octanol–water partition coefficient (Wildman–Crippen LogP) is 4.87. The third-order valence-corrected chi connectivity index (χ3v) is 5.17. The van der Waals surface area contributed by atoms with Crippen molar-refractivity contribution in [2.24, 2.45) is 0 Å². The molecule has 140 valence electrons. The fourth-order valence-corrected chi connectivity index (χ4v) is 3.21. The van der Waals surface area contributed by atoms with Gasteiger partial charge in [-0.1, -0.05) is 0 Å². The van der Waals surface area contributed by atoms with Gasteiger partial charge in [0.15, 0.2) is 0 Å². The van der Waals surface area contributed by atoms with Gasteiger partial charge in [-0.2, -0.15) is 13.2 Å². The first kappa shape index (κ1) is 19.2. The number of carbonyl (C=O) groups is 1. The fourth-order valence-electron chi connectivity index (χ4n) is 2.82. The third-order valence-electron chi connectivity index (χ3n) is 4.24. The molecule has 0 amide bonds. The van der Waals surface area contributed by atoms with E-state index in [4.69, 9.17) is 4.74 Å². The lowest BCUT2D eigenvalue weighted by Crippen LogP contribution is -2.21. The summed E-state index contributed by atoms with van der Waals surface area (Å²) >= 11 is 3.24. The van der Waals surface area contributed by atoms with E-state index in [1.807, 2.05) is 0 Å². The molecule has 0 aliphatic heterocycles. The number of carbonyl (C=O) groups excluding carboxylic acids is 1. The zero-order chi connectivity index (χ0) is 19.9. The lowest BCUT2D eigenvalue weighted by Gasteiger charge is -2.15. The van der Waals surface area contributed by atoms with Crippen LogP contribution in [0.2, 0.25) is 0 Å². The lowest BCUT2D eigenvalue weighted by molar-refractivity contribution is -0.137. The molecule has 0 atom stereocenters. The molecule has 1 aromatic heterocycles. The molecule has 1 heterocycles. The second kappa shape index (κ2) is 6.84. The molecular formula is C19H13BrF3NO3. The standard InChI is InChI=1S/C19H13BrF3NO3/c1-10-14-9-11(18(26)27-2)3-8-15(14)24(17(25)16(10)20)13-6-4-12(5-7-13)19(21,22)23/h3-9H,1-2H3. The van der Waals surface area contributed by atoms with Crippen molar-refractivity contribution in [1.29, 1.82) is 0 Å². The van der Waals surface area contributed by atoms with Gasteiger partial charge in [0.1, 0.15) is 0 Å². The lowest BCUT2D eigenvalue weighted by atomic mass is 10.1. The van der Waals surface area contributed by atoms with Crippen molar-refractivity contribution in [1.82, 2.24) is 4.57 Å². The Morgan fingerprint density at radius 1 is 1.11 bits per heavy atom. The maximum absolute atomic E-state index is 12.8. The molecule has 0 aliphatic rings. The zero-order valence-corrected chi connectivity index (χ0v) is 15.8. The number of fused-ring (bicyclic) bond motifs is 1. The number of hydrogen-bond donors (Lipinski definition) is 0. The van der Waals surface area contributed by atoms with Gasteiger partial charge in [-0.15, -0.1) is 0 Å². The zero-order valence-electron chi connectivity index (χ0n) is 14.2. The largest absolute Gasteiger partial charge is 0.465 e. The Hall–Kier alpha value is -2.61. The van der Waals surface area contributed by atoms with E-state index in [0.717, 1.165) is 12.1 Å². The van der Waals surface area contributed by atoms with Gasteiger partial charge in [0.25, 0.3) is 5.56 Å². The number of hydrogen-bond acceptors (Lipinski definition) is 3. The van der Waals surface area contributed by atoms with E-state index >= 15 is 0 Å². The van der Waals surface area contributed by atoms with Gasteiger partial charge in [0, 0.05) is 11.1 Å². The van der Waals surface area contributed by atoms with Crippen molar-refractivity contribution in [2.75, 3.05) is 7.11 Å². The number of benzene rings is 2. The average molecular weight is 440 g/mol. The summed E-state index contributed by atoms with van der Waals surface area (Å²) in [6, 6.07) is 8.97. The summed E-state index contributed by atoms with van der Waals surface area (Å²) in [5.41, 5.74) is 0.451. The molecule has 4 nitrogen and oxygen atoms in total. The molecule has 0 bridgehead atoms. The first-order valence-corrected chi connectivity index (χ1v) is 8.55. The Balaban J connectivity index is 2.29. The summed E-state index contributed by atoms with van der Waals surface area (Å²) < 4.78 is 44.7. The van der Waals surface area contributed by atoms with Crippen LogP contribution in [0, 0.1) is 6.92 Å². The van der Waals surface area contributed by atoms with Crippen LogP contribution in [-0.2, 0) is 10.9 Å². The van der Waals surface area contributed by atoms with Gasteiger partial charge in [-0.25, -0.2) is 4.79 Å². The highest BCUT2D eigenvalue weighted by Gasteiger charge is 2.30. The highest BCUT2D eigenvalue weighted by Crippen LogP contribution is 2.31. The second-order valence-corrected chi connectivity index (χ2v) is 6.64. The summed E-state index contributed by atoms with van der Waals surface area (Å²) in [6.45, 7) is 1.71. The molecule has 2 aromatic carbocycles. The Morgan fingerprint density at radius 2 is 1.74 bits per heavy atom. The van der Waals surface area contributed by atoms with E-state index in [1.54, 1.807) is 19.1 Å². The van der Waals surface area contributed by atoms with Crippen molar-refractivity contribution in [2.45, 2.75) is 13.1 Å². The van der Waals surface area contributed by atoms with Gasteiger partial charge in [-0.05, 0) is 70.9 Å². The molecule has 0 fully saturated rings. The van der Waals surface area contributed by atoms with E-state index in [-0.39, 0.29) is 10.2 Å². The molecule has 0 aliphatic carbocycles. The third kappa shape index (κ3) is 3.37. The minimum Gasteiger partial charge on any atom is -0.465 e. The van der Waals surface area contributed by atoms with E-state index in [0.29, 0.717) is 22.0 Å². The van der Waals surface area contributed by atoms with Gasteiger partial charge in [0.2, 0.25) is 0 Å². The number of rotatable bonds is 2. The fraction of sp³-hybridized carbons (Fsp3) is 0.158. The van der Waals surface area contributed by atoms with E-state index < -0.39 is 23.3 Å². The van der Waals surface area contributed by atoms with Crippen molar-refractivity contribution >= 4 is 32.8 Å². The summed E-state index contributed by atoms with van der Waals surface area (Å²) in [7, 11) is 1.26. The van der Waals surface area contributed by atoms with Crippen molar-refractivity contribution < 1.29 is 22.7 Å². The molecule has 27 heavy (non-hydrogen) atoms. The number of ether oxygens (including phenoxy) is 1. The first-order chi connectivity index (χ1) is 12.6. The number of esters is 1. The van der Waals surface area contributed by atoms with Gasteiger partial charge in [0.05, 0.1) is 28.2 Å². The highest BCUT2D eigenvalue weighted by atomic mass is 79.9.